The van der Waals surface area contributed by atoms with Crippen LogP contribution in [0.15, 0.2) is 47.6 Å². The van der Waals surface area contributed by atoms with E-state index >= 15 is 0 Å². The van der Waals surface area contributed by atoms with Crippen LogP contribution in [-0.2, 0) is 6.42 Å². The Labute approximate surface area is 158 Å². The Morgan fingerprint density at radius 2 is 2.00 bits per heavy atom. The van der Waals surface area contributed by atoms with E-state index in [9.17, 15) is 4.39 Å². The second-order valence-electron chi connectivity index (χ2n) is 6.09. The lowest BCUT2D eigenvalue weighted by molar-refractivity contribution is 0.371. The largest absolute Gasteiger partial charge is 0.356 e. The molecule has 0 amide bonds. The van der Waals surface area contributed by atoms with Gasteiger partial charge >= 0.3 is 0 Å². The fourth-order valence-corrected chi connectivity index (χ4v) is 3.35. The number of nitrogens with zero attached hydrogens (tertiary/aromatic N) is 4. The highest BCUT2D eigenvalue weighted by Crippen LogP contribution is 2.19. The zero-order valence-corrected chi connectivity index (χ0v) is 15.6. The van der Waals surface area contributed by atoms with Crippen LogP contribution in [0.25, 0.3) is 0 Å². The Balaban J connectivity index is 1.51. The van der Waals surface area contributed by atoms with E-state index in [0.717, 1.165) is 38.0 Å². The summed E-state index contributed by atoms with van der Waals surface area (Å²) in [5.74, 6) is 1.57. The number of halogens is 2. The first-order valence-corrected chi connectivity index (χ1v) is 9.11. The second kappa shape index (κ2) is 8.85. The molecular weight excluding hydrogens is 353 g/mol. The number of piperazine rings is 1. The fourth-order valence-electron chi connectivity index (χ4n) is 3.09. The number of guanidine groups is 1. The summed E-state index contributed by atoms with van der Waals surface area (Å²) in [4.78, 5) is 13.2. The average molecular weight is 376 g/mol. The van der Waals surface area contributed by atoms with E-state index in [-0.39, 0.29) is 5.82 Å². The van der Waals surface area contributed by atoms with Gasteiger partial charge < -0.3 is 15.1 Å². The van der Waals surface area contributed by atoms with Gasteiger partial charge in [0.05, 0.1) is 0 Å². The van der Waals surface area contributed by atoms with Gasteiger partial charge in [-0.3, -0.25) is 4.99 Å². The molecule has 0 aliphatic carbocycles. The molecule has 5 nitrogen and oxygen atoms in total. The SMILES string of the molecule is CN=C(NCCc1c(F)cccc1Cl)N1CCN(c2ccccn2)CC1. The van der Waals surface area contributed by atoms with Crippen molar-refractivity contribution in [3.8, 4) is 0 Å². The average Bonchev–Trinajstić information content (AvgIpc) is 2.68. The van der Waals surface area contributed by atoms with Crippen molar-refractivity contribution in [3.05, 3.63) is 59.0 Å². The van der Waals surface area contributed by atoms with Gasteiger partial charge in [0.1, 0.15) is 11.6 Å². The van der Waals surface area contributed by atoms with Gasteiger partial charge in [-0.2, -0.15) is 0 Å². The third-order valence-electron chi connectivity index (χ3n) is 4.48. The number of rotatable bonds is 4. The molecule has 1 aliphatic rings. The Bertz CT molecular complexity index is 725. The number of nitrogens with one attached hydrogen (secondary N) is 1. The Kier molecular flexibility index (Phi) is 6.28. The molecule has 1 aromatic carbocycles. The number of benzene rings is 1. The van der Waals surface area contributed by atoms with Crippen molar-refractivity contribution in [2.75, 3.05) is 44.7 Å². The number of anilines is 1. The minimum atomic E-state index is -0.265. The van der Waals surface area contributed by atoms with Crippen molar-refractivity contribution < 1.29 is 4.39 Å². The van der Waals surface area contributed by atoms with Crippen molar-refractivity contribution in [3.63, 3.8) is 0 Å². The number of pyridine rings is 1. The molecule has 3 rings (SSSR count). The van der Waals surface area contributed by atoms with Crippen molar-refractivity contribution in [1.29, 1.82) is 0 Å². The first-order chi connectivity index (χ1) is 12.7. The van der Waals surface area contributed by atoms with Crippen molar-refractivity contribution >= 4 is 23.4 Å². The van der Waals surface area contributed by atoms with E-state index in [2.05, 4.69) is 25.1 Å². The quantitative estimate of drug-likeness (QED) is 0.659. The standard InChI is InChI=1S/C19H23ClFN5/c1-22-19(24-10-8-15-16(20)5-4-6-17(15)21)26-13-11-25(12-14-26)18-7-2-3-9-23-18/h2-7,9H,8,10-14H2,1H3,(H,22,24). The minimum absolute atomic E-state index is 0.265. The van der Waals surface area contributed by atoms with E-state index in [4.69, 9.17) is 11.6 Å². The second-order valence-corrected chi connectivity index (χ2v) is 6.49. The third kappa shape index (κ3) is 4.43. The number of aliphatic imine (C=N–C) groups is 1. The molecular formula is C19H23ClFN5. The Hall–Kier alpha value is -2.34. The van der Waals surface area contributed by atoms with E-state index in [1.54, 1.807) is 19.2 Å². The van der Waals surface area contributed by atoms with Crippen LogP contribution in [0.1, 0.15) is 5.56 Å². The highest BCUT2D eigenvalue weighted by atomic mass is 35.5. The first-order valence-electron chi connectivity index (χ1n) is 8.73. The lowest BCUT2D eigenvalue weighted by Gasteiger charge is -2.37. The van der Waals surface area contributed by atoms with Gasteiger partial charge in [-0.25, -0.2) is 9.37 Å². The summed E-state index contributed by atoms with van der Waals surface area (Å²) in [5.41, 5.74) is 0.539. The number of hydrogen-bond acceptors (Lipinski definition) is 3. The molecule has 0 atom stereocenters. The van der Waals surface area contributed by atoms with Crippen LogP contribution < -0.4 is 10.2 Å². The summed E-state index contributed by atoms with van der Waals surface area (Å²) < 4.78 is 13.9. The molecule has 1 saturated heterocycles. The lowest BCUT2D eigenvalue weighted by Crippen LogP contribution is -2.53. The molecule has 26 heavy (non-hydrogen) atoms. The highest BCUT2D eigenvalue weighted by molar-refractivity contribution is 6.31. The van der Waals surface area contributed by atoms with Gasteiger partial charge in [0.15, 0.2) is 5.96 Å². The van der Waals surface area contributed by atoms with Crippen LogP contribution in [0, 0.1) is 5.82 Å². The normalized spacial score (nSPS) is 15.3. The molecule has 138 valence electrons. The molecule has 7 heteroatoms. The highest BCUT2D eigenvalue weighted by Gasteiger charge is 2.20. The van der Waals surface area contributed by atoms with Crippen molar-refractivity contribution in [2.24, 2.45) is 4.99 Å². The molecule has 0 saturated carbocycles. The molecule has 1 aromatic heterocycles. The molecule has 0 bridgehead atoms. The zero-order valence-electron chi connectivity index (χ0n) is 14.8. The summed E-state index contributed by atoms with van der Waals surface area (Å²) in [5, 5.41) is 3.78. The fraction of sp³-hybridized carbons (Fsp3) is 0.368. The zero-order chi connectivity index (χ0) is 18.4. The van der Waals surface area contributed by atoms with Crippen LogP contribution >= 0.6 is 11.6 Å². The lowest BCUT2D eigenvalue weighted by atomic mass is 10.1. The van der Waals surface area contributed by atoms with Crippen LogP contribution in [0.4, 0.5) is 10.2 Å². The first kappa shape index (κ1) is 18.5. The smallest absolute Gasteiger partial charge is 0.193 e. The minimum Gasteiger partial charge on any atom is -0.356 e. The maximum absolute atomic E-state index is 13.9. The summed E-state index contributed by atoms with van der Waals surface area (Å²) in [6.07, 6.45) is 2.33. The van der Waals surface area contributed by atoms with Gasteiger partial charge in [-0.15, -0.1) is 0 Å². The molecule has 0 spiro atoms. The van der Waals surface area contributed by atoms with E-state index in [1.165, 1.54) is 6.07 Å². The van der Waals surface area contributed by atoms with Crippen molar-refractivity contribution in [2.45, 2.75) is 6.42 Å². The number of hydrogen-bond donors (Lipinski definition) is 1. The maximum Gasteiger partial charge on any atom is 0.193 e. The summed E-state index contributed by atoms with van der Waals surface area (Å²) >= 11 is 6.08. The van der Waals surface area contributed by atoms with E-state index in [0.29, 0.717) is 23.6 Å². The van der Waals surface area contributed by atoms with Crippen LogP contribution in [0.2, 0.25) is 5.02 Å². The van der Waals surface area contributed by atoms with Crippen LogP contribution in [0.5, 0.6) is 0 Å². The summed E-state index contributed by atoms with van der Waals surface area (Å²) in [6, 6.07) is 10.7. The van der Waals surface area contributed by atoms with Gasteiger partial charge in [0.25, 0.3) is 0 Å². The Morgan fingerprint density at radius 3 is 2.65 bits per heavy atom. The summed E-state index contributed by atoms with van der Waals surface area (Å²) in [6.45, 7) is 4.06. The maximum atomic E-state index is 13.9. The molecule has 0 radical (unpaired) electrons. The molecule has 1 aliphatic heterocycles. The number of aromatic nitrogens is 1. The van der Waals surface area contributed by atoms with Gasteiger partial charge in [0, 0.05) is 56.6 Å². The monoisotopic (exact) mass is 375 g/mol. The molecule has 1 fully saturated rings. The van der Waals surface area contributed by atoms with Crippen molar-refractivity contribution in [1.82, 2.24) is 15.2 Å². The topological polar surface area (TPSA) is 43.8 Å². The molecule has 2 heterocycles. The van der Waals surface area contributed by atoms with Gasteiger partial charge in [-0.05, 0) is 30.7 Å². The summed E-state index contributed by atoms with van der Waals surface area (Å²) in [7, 11) is 1.77. The molecule has 1 N–H and O–H groups in total. The predicted octanol–water partition coefficient (Wildman–Crippen LogP) is 2.81. The third-order valence-corrected chi connectivity index (χ3v) is 4.84. The Morgan fingerprint density at radius 1 is 1.19 bits per heavy atom. The van der Waals surface area contributed by atoms with Crippen LogP contribution in [-0.4, -0.2) is 55.6 Å². The van der Waals surface area contributed by atoms with Gasteiger partial charge in [0.2, 0.25) is 0 Å². The van der Waals surface area contributed by atoms with Crippen LogP contribution in [0.3, 0.4) is 0 Å². The predicted molar refractivity (Wildman–Crippen MR) is 104 cm³/mol. The molecule has 0 unspecified atom stereocenters. The van der Waals surface area contributed by atoms with Gasteiger partial charge in [-0.1, -0.05) is 23.7 Å². The molecule has 2 aromatic rings. The van der Waals surface area contributed by atoms with E-state index < -0.39 is 0 Å². The van der Waals surface area contributed by atoms with E-state index in [1.807, 2.05) is 24.4 Å².